The van der Waals surface area contributed by atoms with Crippen LogP contribution in [0.3, 0.4) is 0 Å². The van der Waals surface area contributed by atoms with Gasteiger partial charge in [0.2, 0.25) is 0 Å². The van der Waals surface area contributed by atoms with E-state index in [0.29, 0.717) is 37.9 Å². The molecule has 2 fully saturated rings. The van der Waals surface area contributed by atoms with Gasteiger partial charge >= 0.3 is 6.03 Å². The molecule has 1 aromatic heterocycles. The van der Waals surface area contributed by atoms with Gasteiger partial charge in [-0.15, -0.1) is 0 Å². The quantitative estimate of drug-likeness (QED) is 0.861. The Morgan fingerprint density at radius 2 is 1.77 bits per heavy atom. The number of amides is 3. The van der Waals surface area contributed by atoms with E-state index in [-0.39, 0.29) is 11.9 Å². The summed E-state index contributed by atoms with van der Waals surface area (Å²) in [6, 6.07) is 2.01. The molecule has 0 spiro atoms. The van der Waals surface area contributed by atoms with Crippen LogP contribution >= 0.6 is 0 Å². The summed E-state index contributed by atoms with van der Waals surface area (Å²) in [5.74, 6) is -0.0511. The molecule has 1 saturated carbocycles. The SMILES string of the molecule is O=C(NC1CCCCC1)N1CCN(C(=O)c2ccn[nH]2)CC1. The van der Waals surface area contributed by atoms with E-state index in [1.54, 1.807) is 17.2 Å². The van der Waals surface area contributed by atoms with Gasteiger partial charge in [0.05, 0.1) is 0 Å². The van der Waals surface area contributed by atoms with E-state index in [2.05, 4.69) is 15.5 Å². The first kappa shape index (κ1) is 14.9. The number of carbonyl (C=O) groups is 2. The second-order valence-electron chi connectivity index (χ2n) is 6.03. The smallest absolute Gasteiger partial charge is 0.317 e. The Hall–Kier alpha value is -2.05. The Kier molecular flexibility index (Phi) is 4.60. The van der Waals surface area contributed by atoms with Crippen LogP contribution in [0.2, 0.25) is 0 Å². The molecule has 0 bridgehead atoms. The lowest BCUT2D eigenvalue weighted by molar-refractivity contribution is 0.0656. The summed E-state index contributed by atoms with van der Waals surface area (Å²) < 4.78 is 0. The van der Waals surface area contributed by atoms with Crippen molar-refractivity contribution in [1.29, 1.82) is 0 Å². The highest BCUT2D eigenvalue weighted by Gasteiger charge is 2.26. The summed E-state index contributed by atoms with van der Waals surface area (Å²) in [6.07, 6.45) is 7.44. The van der Waals surface area contributed by atoms with Crippen LogP contribution in [0.1, 0.15) is 42.6 Å². The highest BCUT2D eigenvalue weighted by Crippen LogP contribution is 2.17. The first-order valence-electron chi connectivity index (χ1n) is 8.08. The van der Waals surface area contributed by atoms with Crippen molar-refractivity contribution >= 4 is 11.9 Å². The summed E-state index contributed by atoms with van der Waals surface area (Å²) in [6.45, 7) is 2.29. The number of aromatic nitrogens is 2. The molecule has 3 rings (SSSR count). The Morgan fingerprint density at radius 1 is 1.09 bits per heavy atom. The van der Waals surface area contributed by atoms with Crippen LogP contribution < -0.4 is 5.32 Å². The topological polar surface area (TPSA) is 81.3 Å². The van der Waals surface area contributed by atoms with Crippen LogP contribution in [0.5, 0.6) is 0 Å². The van der Waals surface area contributed by atoms with E-state index in [9.17, 15) is 9.59 Å². The summed E-state index contributed by atoms with van der Waals surface area (Å²) in [7, 11) is 0. The minimum Gasteiger partial charge on any atom is -0.335 e. The number of hydrogen-bond acceptors (Lipinski definition) is 3. The molecule has 120 valence electrons. The fourth-order valence-corrected chi connectivity index (χ4v) is 3.17. The molecule has 2 aliphatic rings. The van der Waals surface area contributed by atoms with Crippen molar-refractivity contribution in [1.82, 2.24) is 25.3 Å². The molecule has 0 radical (unpaired) electrons. The maximum atomic E-state index is 12.3. The maximum absolute atomic E-state index is 12.3. The molecule has 3 amide bonds. The van der Waals surface area contributed by atoms with Gasteiger partial charge in [0, 0.05) is 38.4 Å². The minimum atomic E-state index is -0.0511. The molecule has 0 atom stereocenters. The van der Waals surface area contributed by atoms with Gasteiger partial charge in [-0.25, -0.2) is 4.79 Å². The number of rotatable bonds is 2. The van der Waals surface area contributed by atoms with E-state index in [0.717, 1.165) is 12.8 Å². The van der Waals surface area contributed by atoms with Crippen molar-refractivity contribution < 1.29 is 9.59 Å². The zero-order valence-corrected chi connectivity index (χ0v) is 12.8. The largest absolute Gasteiger partial charge is 0.335 e. The van der Waals surface area contributed by atoms with Gasteiger partial charge in [-0.05, 0) is 18.9 Å². The Labute approximate surface area is 130 Å². The summed E-state index contributed by atoms with van der Waals surface area (Å²) in [5.41, 5.74) is 0.500. The predicted molar refractivity (Wildman–Crippen MR) is 81.5 cm³/mol. The molecule has 0 aromatic carbocycles. The minimum absolute atomic E-state index is 0.0144. The third-order valence-corrected chi connectivity index (χ3v) is 4.52. The zero-order chi connectivity index (χ0) is 15.4. The second-order valence-corrected chi connectivity index (χ2v) is 6.03. The molecule has 0 unspecified atom stereocenters. The Bertz CT molecular complexity index is 502. The molecule has 7 nitrogen and oxygen atoms in total. The molecular weight excluding hydrogens is 282 g/mol. The fourth-order valence-electron chi connectivity index (χ4n) is 3.17. The summed E-state index contributed by atoms with van der Waals surface area (Å²) >= 11 is 0. The van der Waals surface area contributed by atoms with Gasteiger partial charge in [0.15, 0.2) is 0 Å². The lowest BCUT2D eigenvalue weighted by Gasteiger charge is -2.35. The normalized spacial score (nSPS) is 20.0. The van der Waals surface area contributed by atoms with Crippen molar-refractivity contribution in [2.24, 2.45) is 0 Å². The van der Waals surface area contributed by atoms with E-state index >= 15 is 0 Å². The predicted octanol–water partition coefficient (Wildman–Crippen LogP) is 1.21. The molecule has 1 aliphatic heterocycles. The van der Waals surface area contributed by atoms with E-state index in [4.69, 9.17) is 0 Å². The molecule has 1 aromatic rings. The molecule has 22 heavy (non-hydrogen) atoms. The van der Waals surface area contributed by atoms with Crippen molar-refractivity contribution in [3.8, 4) is 0 Å². The van der Waals surface area contributed by atoms with Gasteiger partial charge in [-0.2, -0.15) is 5.10 Å². The third kappa shape index (κ3) is 3.40. The van der Waals surface area contributed by atoms with Crippen molar-refractivity contribution in [3.63, 3.8) is 0 Å². The fraction of sp³-hybridized carbons (Fsp3) is 0.667. The number of nitrogens with one attached hydrogen (secondary N) is 2. The molecule has 2 heterocycles. The zero-order valence-electron chi connectivity index (χ0n) is 12.8. The van der Waals surface area contributed by atoms with Crippen LogP contribution in [0, 0.1) is 0 Å². The first-order valence-corrected chi connectivity index (χ1v) is 8.08. The van der Waals surface area contributed by atoms with Crippen LogP contribution in [-0.4, -0.2) is 64.2 Å². The number of aromatic amines is 1. The molecular formula is C15H23N5O2. The molecule has 1 saturated heterocycles. The summed E-state index contributed by atoms with van der Waals surface area (Å²) in [4.78, 5) is 28.0. The Balaban J connectivity index is 1.46. The van der Waals surface area contributed by atoms with Gasteiger partial charge < -0.3 is 15.1 Å². The number of H-pyrrole nitrogens is 1. The number of piperazine rings is 1. The molecule has 7 heteroatoms. The third-order valence-electron chi connectivity index (χ3n) is 4.52. The maximum Gasteiger partial charge on any atom is 0.317 e. The van der Waals surface area contributed by atoms with E-state index in [1.807, 2.05) is 4.90 Å². The van der Waals surface area contributed by atoms with Crippen molar-refractivity contribution in [2.45, 2.75) is 38.1 Å². The van der Waals surface area contributed by atoms with Crippen LogP contribution in [0.25, 0.3) is 0 Å². The highest BCUT2D eigenvalue weighted by molar-refractivity contribution is 5.92. The van der Waals surface area contributed by atoms with Crippen molar-refractivity contribution in [3.05, 3.63) is 18.0 Å². The molecule has 1 aliphatic carbocycles. The lowest BCUT2D eigenvalue weighted by atomic mass is 9.96. The van der Waals surface area contributed by atoms with E-state index in [1.165, 1.54) is 19.3 Å². The van der Waals surface area contributed by atoms with Crippen LogP contribution in [0.4, 0.5) is 4.79 Å². The number of nitrogens with zero attached hydrogens (tertiary/aromatic N) is 3. The average Bonchev–Trinajstić information content (AvgIpc) is 3.10. The van der Waals surface area contributed by atoms with Crippen LogP contribution in [0.15, 0.2) is 12.3 Å². The highest BCUT2D eigenvalue weighted by atomic mass is 16.2. The number of hydrogen-bond donors (Lipinski definition) is 2. The Morgan fingerprint density at radius 3 is 2.41 bits per heavy atom. The lowest BCUT2D eigenvalue weighted by Crippen LogP contribution is -2.54. The summed E-state index contributed by atoms with van der Waals surface area (Å²) in [5, 5.41) is 9.62. The van der Waals surface area contributed by atoms with Crippen molar-refractivity contribution in [2.75, 3.05) is 26.2 Å². The van der Waals surface area contributed by atoms with Crippen LogP contribution in [-0.2, 0) is 0 Å². The number of urea groups is 1. The van der Waals surface area contributed by atoms with Gasteiger partial charge in [-0.3, -0.25) is 9.89 Å². The average molecular weight is 305 g/mol. The standard InChI is InChI=1S/C15H23N5O2/c21-14(13-6-7-16-18-13)19-8-10-20(11-9-19)15(22)17-12-4-2-1-3-5-12/h6-7,12H,1-5,8-11H2,(H,16,18)(H,17,22). The van der Waals surface area contributed by atoms with Gasteiger partial charge in [-0.1, -0.05) is 19.3 Å². The van der Waals surface area contributed by atoms with Gasteiger partial charge in [0.25, 0.3) is 5.91 Å². The first-order chi connectivity index (χ1) is 10.7. The monoisotopic (exact) mass is 305 g/mol. The molecule has 2 N–H and O–H groups in total. The van der Waals surface area contributed by atoms with Gasteiger partial charge in [0.1, 0.15) is 5.69 Å². The van der Waals surface area contributed by atoms with E-state index < -0.39 is 0 Å². The number of carbonyl (C=O) groups excluding carboxylic acids is 2. The second kappa shape index (κ2) is 6.81.